The molecule has 0 spiro atoms. The van der Waals surface area contributed by atoms with Crippen LogP contribution in [0.5, 0.6) is 0 Å². The highest BCUT2D eigenvalue weighted by Crippen LogP contribution is 2.46. The summed E-state index contributed by atoms with van der Waals surface area (Å²) in [5, 5.41) is 25.7. The molecule has 1 saturated heterocycles. The molecular weight excluding hydrogens is 551 g/mol. The van der Waals surface area contributed by atoms with Gasteiger partial charge in [-0.1, -0.05) is 35.7 Å². The number of carboxylic acid groups (broad SMARTS) is 1. The highest BCUT2D eigenvalue weighted by molar-refractivity contribution is 7.17. The number of aryl methyl sites for hydroxylation is 1. The maximum absolute atomic E-state index is 13.5. The summed E-state index contributed by atoms with van der Waals surface area (Å²) >= 11 is 2.82. The molecule has 6 rings (SSSR count). The molecule has 3 aromatic heterocycles. The molecule has 13 heteroatoms. The highest BCUT2D eigenvalue weighted by Gasteiger charge is 2.42. The molecule has 1 N–H and O–H groups in total. The Morgan fingerprint density at radius 1 is 1.25 bits per heavy atom. The van der Waals surface area contributed by atoms with Crippen molar-refractivity contribution in [2.75, 3.05) is 32.1 Å². The Balaban J connectivity index is 1.36. The molecule has 206 valence electrons. The number of halogens is 1. The summed E-state index contributed by atoms with van der Waals surface area (Å²) in [6.45, 7) is 2.90. The van der Waals surface area contributed by atoms with E-state index in [1.165, 1.54) is 29.2 Å². The second kappa shape index (κ2) is 10.3. The van der Waals surface area contributed by atoms with Crippen LogP contribution in [0, 0.1) is 17.1 Å². The van der Waals surface area contributed by atoms with Crippen LogP contribution in [0.4, 0.5) is 15.3 Å². The number of benzene rings is 1. The number of thiazole rings is 1. The monoisotopic (exact) mass is 578 g/mol. The largest absolute Gasteiger partial charge is 0.480 e. The molecule has 10 nitrogen and oxygen atoms in total. The molecule has 1 aromatic carbocycles. The summed E-state index contributed by atoms with van der Waals surface area (Å²) in [6, 6.07) is 8.20. The van der Waals surface area contributed by atoms with Gasteiger partial charge in [-0.15, -0.1) is 0 Å². The molecule has 40 heavy (non-hydrogen) atoms. The van der Waals surface area contributed by atoms with Crippen LogP contribution in [0.2, 0.25) is 0 Å². The van der Waals surface area contributed by atoms with Crippen molar-refractivity contribution in [1.82, 2.24) is 29.4 Å². The molecule has 5 heterocycles. The number of fused-ring (bicyclic) bond motifs is 2. The molecule has 4 aromatic rings. The molecule has 2 atom stereocenters. The SMILES string of the molecule is CCc1nc2sc(C3CC(N(C)CC(=O)O)N4CCC=C34)nn2c1N(C)c1nc(-c2ccc(F)cc2)c(C#N)s1. The van der Waals surface area contributed by atoms with E-state index >= 15 is 0 Å². The zero-order valence-electron chi connectivity index (χ0n) is 22.2. The third-order valence-corrected chi connectivity index (χ3v) is 9.51. The summed E-state index contributed by atoms with van der Waals surface area (Å²) in [5.74, 6) is -0.331. The Labute approximate surface area is 238 Å². The zero-order valence-corrected chi connectivity index (χ0v) is 23.8. The van der Waals surface area contributed by atoms with Gasteiger partial charge in [0.15, 0.2) is 10.9 Å². The number of hydrogen-bond acceptors (Lipinski definition) is 10. The predicted octanol–water partition coefficient (Wildman–Crippen LogP) is 4.67. The Kier molecular flexibility index (Phi) is 6.77. The lowest BCUT2D eigenvalue weighted by atomic mass is 10.1. The normalized spacial score (nSPS) is 18.4. The molecule has 0 radical (unpaired) electrons. The molecule has 0 bridgehead atoms. The summed E-state index contributed by atoms with van der Waals surface area (Å²) < 4.78 is 15.4. The van der Waals surface area contributed by atoms with Crippen LogP contribution >= 0.6 is 22.7 Å². The first kappa shape index (κ1) is 26.4. The van der Waals surface area contributed by atoms with Crippen LogP contribution in [0.1, 0.15) is 41.3 Å². The fourth-order valence-electron chi connectivity index (χ4n) is 5.61. The van der Waals surface area contributed by atoms with Gasteiger partial charge in [0, 0.05) is 24.9 Å². The van der Waals surface area contributed by atoms with E-state index in [1.54, 1.807) is 23.5 Å². The van der Waals surface area contributed by atoms with Gasteiger partial charge < -0.3 is 14.9 Å². The topological polar surface area (TPSA) is 114 Å². The Morgan fingerprint density at radius 3 is 2.73 bits per heavy atom. The summed E-state index contributed by atoms with van der Waals surface area (Å²) in [5.41, 5.74) is 3.27. The number of aliphatic carboxylic acids is 1. The molecule has 1 fully saturated rings. The third kappa shape index (κ3) is 4.42. The lowest BCUT2D eigenvalue weighted by Gasteiger charge is -2.31. The van der Waals surface area contributed by atoms with E-state index in [-0.39, 0.29) is 24.4 Å². The van der Waals surface area contributed by atoms with Crippen molar-refractivity contribution in [2.24, 2.45) is 0 Å². The minimum Gasteiger partial charge on any atom is -0.480 e. The molecule has 0 amide bonds. The Morgan fingerprint density at radius 2 is 2.02 bits per heavy atom. The van der Waals surface area contributed by atoms with E-state index < -0.39 is 5.97 Å². The molecule has 2 aliphatic heterocycles. The molecule has 2 aliphatic rings. The van der Waals surface area contributed by atoms with E-state index in [4.69, 9.17) is 15.1 Å². The summed E-state index contributed by atoms with van der Waals surface area (Å²) in [6.07, 6.45) is 4.63. The number of carbonyl (C=O) groups is 1. The van der Waals surface area contributed by atoms with E-state index in [0.29, 0.717) is 27.7 Å². The molecule has 0 aliphatic carbocycles. The first-order valence-corrected chi connectivity index (χ1v) is 14.6. The standard InChI is InChI=1S/C27H27FN8O2S2/c1-4-18-25(34(3)26-31-23(20(13-29)39-26)15-7-9-16(28)10-8-15)36-27(30-18)40-24(32-36)17-12-21(33(2)14-22(37)38)35-11-5-6-19(17)35/h6-10,17,21H,4-5,11-12,14H2,1-3H3,(H,37,38). The second-order valence-corrected chi connectivity index (χ2v) is 11.9. The van der Waals surface area contributed by atoms with E-state index in [2.05, 4.69) is 17.0 Å². The predicted molar refractivity (Wildman–Crippen MR) is 151 cm³/mol. The van der Waals surface area contributed by atoms with Crippen molar-refractivity contribution in [3.05, 3.63) is 57.4 Å². The minimum absolute atomic E-state index is 0.00372. The smallest absolute Gasteiger partial charge is 0.317 e. The lowest BCUT2D eigenvalue weighted by Crippen LogP contribution is -2.43. The van der Waals surface area contributed by atoms with Crippen molar-refractivity contribution < 1.29 is 14.3 Å². The number of allylic oxidation sites excluding steroid dienone is 1. The average molecular weight is 579 g/mol. The van der Waals surface area contributed by atoms with Crippen LogP contribution in [0.25, 0.3) is 16.2 Å². The maximum atomic E-state index is 13.5. The second-order valence-electron chi connectivity index (χ2n) is 9.91. The van der Waals surface area contributed by atoms with Crippen LogP contribution in [-0.2, 0) is 11.2 Å². The number of likely N-dealkylation sites (N-methyl/N-ethyl adjacent to an activating group) is 1. The number of nitrogens with zero attached hydrogens (tertiary/aromatic N) is 8. The van der Waals surface area contributed by atoms with Crippen molar-refractivity contribution in [3.63, 3.8) is 0 Å². The zero-order chi connectivity index (χ0) is 28.1. The Bertz CT molecular complexity index is 1670. The van der Waals surface area contributed by atoms with Gasteiger partial charge in [-0.05, 0) is 50.6 Å². The number of aromatic nitrogens is 4. The van der Waals surface area contributed by atoms with E-state index in [1.807, 2.05) is 35.3 Å². The fraction of sp³-hybridized carbons (Fsp3) is 0.370. The lowest BCUT2D eigenvalue weighted by molar-refractivity contribution is -0.139. The van der Waals surface area contributed by atoms with Crippen LogP contribution < -0.4 is 4.90 Å². The van der Waals surface area contributed by atoms with Crippen LogP contribution in [0.3, 0.4) is 0 Å². The number of nitriles is 1. The van der Waals surface area contributed by atoms with Crippen molar-refractivity contribution >= 4 is 44.6 Å². The van der Waals surface area contributed by atoms with Gasteiger partial charge in [0.25, 0.3) is 0 Å². The highest BCUT2D eigenvalue weighted by atomic mass is 32.1. The number of rotatable bonds is 8. The van der Waals surface area contributed by atoms with Gasteiger partial charge in [0.1, 0.15) is 27.5 Å². The van der Waals surface area contributed by atoms with E-state index in [0.717, 1.165) is 40.9 Å². The number of hydrogen-bond donors (Lipinski definition) is 1. The van der Waals surface area contributed by atoms with Gasteiger partial charge in [-0.25, -0.2) is 14.4 Å². The molecule has 0 saturated carbocycles. The van der Waals surface area contributed by atoms with Crippen LogP contribution in [-0.4, -0.2) is 73.8 Å². The van der Waals surface area contributed by atoms with Gasteiger partial charge in [-0.2, -0.15) is 14.9 Å². The first-order chi connectivity index (χ1) is 19.3. The molecule has 2 unspecified atom stereocenters. The fourth-order valence-corrected chi connectivity index (χ4v) is 7.50. The van der Waals surface area contributed by atoms with Gasteiger partial charge in [-0.3, -0.25) is 9.69 Å². The Hall–Kier alpha value is -3.86. The van der Waals surface area contributed by atoms with Crippen molar-refractivity contribution in [2.45, 2.75) is 38.3 Å². The summed E-state index contributed by atoms with van der Waals surface area (Å²) in [7, 11) is 3.75. The number of anilines is 2. The van der Waals surface area contributed by atoms with Crippen molar-refractivity contribution in [3.8, 4) is 17.3 Å². The number of imidazole rings is 1. The maximum Gasteiger partial charge on any atom is 0.317 e. The third-order valence-electron chi connectivity index (χ3n) is 7.45. The number of carboxylic acids is 1. The van der Waals surface area contributed by atoms with Crippen LogP contribution in [0.15, 0.2) is 36.0 Å². The van der Waals surface area contributed by atoms with Crippen molar-refractivity contribution in [1.29, 1.82) is 5.26 Å². The molecular formula is C27H27FN8O2S2. The summed E-state index contributed by atoms with van der Waals surface area (Å²) in [4.78, 5) is 28.4. The van der Waals surface area contributed by atoms with Gasteiger partial charge in [0.05, 0.1) is 24.3 Å². The quantitative estimate of drug-likeness (QED) is 0.318. The average Bonchev–Trinajstić information content (AvgIpc) is 3.73. The van der Waals surface area contributed by atoms with Gasteiger partial charge in [0.2, 0.25) is 4.96 Å². The van der Waals surface area contributed by atoms with E-state index in [9.17, 15) is 19.6 Å². The van der Waals surface area contributed by atoms with Gasteiger partial charge >= 0.3 is 5.97 Å². The minimum atomic E-state index is -0.840. The first-order valence-electron chi connectivity index (χ1n) is 13.0.